The van der Waals surface area contributed by atoms with Gasteiger partial charge in [-0.2, -0.15) is 0 Å². The van der Waals surface area contributed by atoms with Gasteiger partial charge in [0.15, 0.2) is 0 Å². The Morgan fingerprint density at radius 1 is 0.909 bits per heavy atom. The molecule has 22 heavy (non-hydrogen) atoms. The number of aliphatic hydroxyl groups excluding tert-OH is 3. The summed E-state index contributed by atoms with van der Waals surface area (Å²) in [5, 5.41) is 54.9. The van der Waals surface area contributed by atoms with Gasteiger partial charge in [0.1, 0.15) is 24.9 Å². The van der Waals surface area contributed by atoms with Crippen molar-refractivity contribution < 1.29 is 69.0 Å². The van der Waals surface area contributed by atoms with E-state index >= 15 is 0 Å². The van der Waals surface area contributed by atoms with Crippen LogP contribution in [0.2, 0.25) is 0 Å². The van der Waals surface area contributed by atoms with Crippen molar-refractivity contribution in [3.05, 3.63) is 0 Å². The summed E-state index contributed by atoms with van der Waals surface area (Å²) < 4.78 is 0.550. The van der Waals surface area contributed by atoms with Gasteiger partial charge in [-0.1, -0.05) is 0 Å². The molecule has 0 radical (unpaired) electrons. The predicted octanol–water partition coefficient (Wildman–Crippen LogP) is -6.60. The molecule has 11 heteroatoms. The third-order valence-electron chi connectivity index (χ3n) is 1.94. The van der Waals surface area contributed by atoms with E-state index in [0.29, 0.717) is 11.0 Å². The molecule has 10 nitrogen and oxygen atoms in total. The molecule has 0 heterocycles. The average Bonchev–Trinajstić information content (AvgIpc) is 2.23. The first-order chi connectivity index (χ1) is 9.27. The van der Waals surface area contributed by atoms with E-state index in [1.165, 1.54) is 0 Å². The summed E-state index contributed by atoms with van der Waals surface area (Å²) in [6.07, 6.45) is -5.97. The Morgan fingerprint density at radius 2 is 1.23 bits per heavy atom. The summed E-state index contributed by atoms with van der Waals surface area (Å²) in [5.74, 6) is -5.32. The minimum absolute atomic E-state index is 0. The molecule has 0 spiro atoms. The molecular formula is C11H19NO9Zn. The van der Waals surface area contributed by atoms with E-state index in [2.05, 4.69) is 0 Å². The maximum atomic E-state index is 10.0. The fourth-order valence-electron chi connectivity index (χ4n) is 1.15. The van der Waals surface area contributed by atoms with Gasteiger partial charge in [-0.3, -0.25) is 0 Å². The normalized spacial score (nSPS) is 14.5. The van der Waals surface area contributed by atoms with Gasteiger partial charge in [-0.05, 0) is 0 Å². The van der Waals surface area contributed by atoms with Gasteiger partial charge in [0, 0.05) is 12.4 Å². The molecule has 0 aromatic heterocycles. The van der Waals surface area contributed by atoms with E-state index in [1.54, 1.807) is 0 Å². The molecule has 0 amide bonds. The van der Waals surface area contributed by atoms with Crippen molar-refractivity contribution >= 4 is 17.9 Å². The number of nitrogens with zero attached hydrogens (tertiary/aromatic N) is 1. The second kappa shape index (κ2) is 11.4. The largest absolute Gasteiger partial charge is 2.00 e. The van der Waals surface area contributed by atoms with Gasteiger partial charge in [0.05, 0.1) is 33.1 Å². The van der Waals surface area contributed by atoms with E-state index in [1.807, 2.05) is 21.1 Å². The van der Waals surface area contributed by atoms with E-state index in [9.17, 15) is 29.7 Å². The van der Waals surface area contributed by atoms with Crippen LogP contribution in [0.1, 0.15) is 6.42 Å². The van der Waals surface area contributed by atoms with Crippen molar-refractivity contribution in [3.63, 3.8) is 0 Å². The number of carboxylic acids is 3. The number of likely N-dealkylation sites (N-methyl/N-ethyl adjacent to an activating group) is 1. The summed E-state index contributed by atoms with van der Waals surface area (Å²) in [6, 6.07) is 0. The third-order valence-corrected chi connectivity index (χ3v) is 1.94. The minimum Gasteiger partial charge on any atom is -0.550 e. The van der Waals surface area contributed by atoms with E-state index < -0.39 is 36.2 Å². The smallest absolute Gasteiger partial charge is 0.550 e. The van der Waals surface area contributed by atoms with Crippen molar-refractivity contribution in [2.75, 3.05) is 27.7 Å². The van der Waals surface area contributed by atoms with Gasteiger partial charge >= 0.3 is 19.5 Å². The van der Waals surface area contributed by atoms with Crippen molar-refractivity contribution in [2.24, 2.45) is 0 Å². The summed E-state index contributed by atoms with van der Waals surface area (Å²) >= 11 is 0. The molecule has 124 valence electrons. The molecule has 0 aliphatic heterocycles. The van der Waals surface area contributed by atoms with Crippen LogP contribution in [0.15, 0.2) is 0 Å². The van der Waals surface area contributed by atoms with Crippen LogP contribution < -0.4 is 15.3 Å². The number of carbonyl (C=O) groups is 3. The standard InChI is InChI=1S/C7H15NO3.C4H6O6.Zn/c1-8(2,3)5-6(9)4-7(10)11;5-1(3(7)8)2(6)4(9)10;/h6,9H,4-5H2,1-3H3;1-2,5-6H,(H,7,8)(H,9,10);/q;;+2/p-2. The van der Waals surface area contributed by atoms with Gasteiger partial charge in [-0.25, -0.2) is 0 Å². The summed E-state index contributed by atoms with van der Waals surface area (Å²) in [6.45, 7) is 0.425. The Labute approximate surface area is 139 Å². The number of aliphatic hydroxyl groups is 3. The number of rotatable bonds is 7. The molecule has 0 aromatic carbocycles. The van der Waals surface area contributed by atoms with Crippen molar-refractivity contribution in [1.82, 2.24) is 0 Å². The van der Waals surface area contributed by atoms with Crippen LogP contribution in [-0.2, 0) is 33.9 Å². The second-order valence-electron chi connectivity index (χ2n) is 5.23. The zero-order valence-electron chi connectivity index (χ0n) is 12.6. The molecule has 0 aliphatic carbocycles. The van der Waals surface area contributed by atoms with Crippen molar-refractivity contribution in [2.45, 2.75) is 24.7 Å². The number of carboxylic acid groups (broad SMARTS) is 3. The summed E-state index contributed by atoms with van der Waals surface area (Å²) in [4.78, 5) is 29.3. The molecule has 0 bridgehead atoms. The first-order valence-corrected chi connectivity index (χ1v) is 5.74. The SMILES string of the molecule is C[N+](C)(C)CC(O)CC(=O)[O-].O=C([O-])C(O)C(O)C(=O)[O-].[Zn+2]. The van der Waals surface area contributed by atoms with Gasteiger partial charge in [0.25, 0.3) is 0 Å². The van der Waals surface area contributed by atoms with Crippen LogP contribution in [-0.4, -0.2) is 83.7 Å². The molecule has 3 unspecified atom stereocenters. The topological polar surface area (TPSA) is 181 Å². The van der Waals surface area contributed by atoms with E-state index in [0.717, 1.165) is 0 Å². The van der Waals surface area contributed by atoms with Crippen molar-refractivity contribution in [3.8, 4) is 0 Å². The Hall–Kier alpha value is -1.13. The Balaban J connectivity index is -0.000000315. The number of quaternary nitrogens is 1. The number of aliphatic carboxylic acids is 3. The van der Waals surface area contributed by atoms with E-state index in [4.69, 9.17) is 15.3 Å². The fraction of sp³-hybridized carbons (Fsp3) is 0.727. The van der Waals surface area contributed by atoms with Crippen LogP contribution in [0.5, 0.6) is 0 Å². The zero-order chi connectivity index (χ0) is 17.4. The summed E-state index contributed by atoms with van der Waals surface area (Å²) in [7, 11) is 5.66. The quantitative estimate of drug-likeness (QED) is 0.288. The Kier molecular flexibility index (Phi) is 13.4. The molecule has 0 saturated heterocycles. The first kappa shape index (κ1) is 25.8. The molecule has 0 rings (SSSR count). The number of carbonyl (C=O) groups excluding carboxylic acids is 3. The summed E-state index contributed by atoms with van der Waals surface area (Å²) in [5.41, 5.74) is 0. The minimum atomic E-state index is -2.44. The molecule has 3 N–H and O–H groups in total. The second-order valence-corrected chi connectivity index (χ2v) is 5.23. The molecule has 0 aromatic rings. The van der Waals surface area contributed by atoms with Gasteiger partial charge in [0.2, 0.25) is 0 Å². The van der Waals surface area contributed by atoms with Crippen LogP contribution >= 0.6 is 0 Å². The van der Waals surface area contributed by atoms with E-state index in [-0.39, 0.29) is 25.9 Å². The Morgan fingerprint density at radius 3 is 1.41 bits per heavy atom. The predicted molar refractivity (Wildman–Crippen MR) is 60.6 cm³/mol. The average molecular weight is 375 g/mol. The molecular weight excluding hydrogens is 356 g/mol. The Bertz CT molecular complexity index is 351. The molecule has 3 atom stereocenters. The van der Waals surface area contributed by atoms with Crippen LogP contribution in [0.3, 0.4) is 0 Å². The maximum absolute atomic E-state index is 10.0. The van der Waals surface area contributed by atoms with Crippen LogP contribution in [0.25, 0.3) is 0 Å². The first-order valence-electron chi connectivity index (χ1n) is 5.74. The zero-order valence-corrected chi connectivity index (χ0v) is 15.6. The number of hydrogen-bond acceptors (Lipinski definition) is 9. The van der Waals surface area contributed by atoms with Crippen molar-refractivity contribution in [1.29, 1.82) is 0 Å². The molecule has 0 saturated carbocycles. The van der Waals surface area contributed by atoms with Crippen LogP contribution in [0, 0.1) is 0 Å². The van der Waals surface area contributed by atoms with Gasteiger partial charge < -0.3 is 49.5 Å². The molecule has 0 aliphatic rings. The number of hydrogen-bond donors (Lipinski definition) is 3. The van der Waals surface area contributed by atoms with Gasteiger partial charge in [-0.15, -0.1) is 0 Å². The maximum Gasteiger partial charge on any atom is 2.00 e. The fourth-order valence-corrected chi connectivity index (χ4v) is 1.15. The molecule has 0 fully saturated rings. The third kappa shape index (κ3) is 15.3. The monoisotopic (exact) mass is 373 g/mol. The van der Waals surface area contributed by atoms with Crippen LogP contribution in [0.4, 0.5) is 0 Å².